The van der Waals surface area contributed by atoms with E-state index in [-0.39, 0.29) is 0 Å². The molecular formula is C16H13F2NO. The number of halogens is 2. The molecule has 0 fully saturated rings. The standard InChI is InChI=1S/C16H13F2NO/c1-20-13-3-5-16-12(9-13)6-7-19(16)10-11-2-4-14(17)15(18)8-11/h2-9H,10H2,1H3. The van der Waals surface area contributed by atoms with E-state index in [2.05, 4.69) is 0 Å². The molecule has 2 nitrogen and oxygen atoms in total. The first-order valence-electron chi connectivity index (χ1n) is 6.24. The molecule has 0 N–H and O–H groups in total. The van der Waals surface area contributed by atoms with Crippen molar-refractivity contribution in [2.75, 3.05) is 7.11 Å². The summed E-state index contributed by atoms with van der Waals surface area (Å²) in [4.78, 5) is 0. The Morgan fingerprint density at radius 1 is 1.00 bits per heavy atom. The van der Waals surface area contributed by atoms with Crippen LogP contribution in [0.4, 0.5) is 8.78 Å². The number of fused-ring (bicyclic) bond motifs is 1. The zero-order chi connectivity index (χ0) is 14.1. The molecule has 0 unspecified atom stereocenters. The lowest BCUT2D eigenvalue weighted by Crippen LogP contribution is -1.99. The van der Waals surface area contributed by atoms with Gasteiger partial charge in [-0.05, 0) is 42.0 Å². The first kappa shape index (κ1) is 12.7. The minimum absolute atomic E-state index is 0.493. The summed E-state index contributed by atoms with van der Waals surface area (Å²) >= 11 is 0. The largest absolute Gasteiger partial charge is 0.497 e. The third-order valence-corrected chi connectivity index (χ3v) is 3.32. The Hall–Kier alpha value is -2.36. The van der Waals surface area contributed by atoms with Crippen molar-refractivity contribution >= 4 is 10.9 Å². The highest BCUT2D eigenvalue weighted by Crippen LogP contribution is 2.22. The van der Waals surface area contributed by atoms with Gasteiger partial charge in [0, 0.05) is 23.6 Å². The Morgan fingerprint density at radius 3 is 2.60 bits per heavy atom. The predicted octanol–water partition coefficient (Wildman–Crippen LogP) is 3.98. The maximum absolute atomic E-state index is 13.2. The Bertz CT molecular complexity index is 764. The van der Waals surface area contributed by atoms with Crippen LogP contribution in [0.25, 0.3) is 10.9 Å². The Labute approximate surface area is 115 Å². The highest BCUT2D eigenvalue weighted by atomic mass is 19.2. The summed E-state index contributed by atoms with van der Waals surface area (Å²) in [6.45, 7) is 0.493. The Kier molecular flexibility index (Phi) is 3.14. The summed E-state index contributed by atoms with van der Waals surface area (Å²) in [6.07, 6.45) is 1.92. The van der Waals surface area contributed by atoms with Crippen LogP contribution in [-0.2, 0) is 6.54 Å². The van der Waals surface area contributed by atoms with Crippen molar-refractivity contribution < 1.29 is 13.5 Å². The Morgan fingerprint density at radius 2 is 1.85 bits per heavy atom. The lowest BCUT2D eigenvalue weighted by Gasteiger charge is -2.07. The fourth-order valence-corrected chi connectivity index (χ4v) is 2.28. The number of ether oxygens (including phenoxy) is 1. The molecule has 1 aromatic heterocycles. The zero-order valence-electron chi connectivity index (χ0n) is 10.9. The SMILES string of the molecule is COc1ccc2c(ccn2Cc2ccc(F)c(F)c2)c1. The number of methoxy groups -OCH3 is 1. The molecule has 0 aliphatic heterocycles. The van der Waals surface area contributed by atoms with Crippen molar-refractivity contribution in [1.29, 1.82) is 0 Å². The van der Waals surface area contributed by atoms with Gasteiger partial charge in [0.1, 0.15) is 5.75 Å². The lowest BCUT2D eigenvalue weighted by atomic mass is 10.2. The van der Waals surface area contributed by atoms with E-state index in [9.17, 15) is 8.78 Å². The molecule has 102 valence electrons. The normalized spacial score (nSPS) is 10.9. The van der Waals surface area contributed by atoms with E-state index < -0.39 is 11.6 Å². The van der Waals surface area contributed by atoms with Crippen LogP contribution in [0.2, 0.25) is 0 Å². The van der Waals surface area contributed by atoms with Crippen molar-refractivity contribution in [3.63, 3.8) is 0 Å². The van der Waals surface area contributed by atoms with E-state index >= 15 is 0 Å². The number of aromatic nitrogens is 1. The number of hydrogen-bond donors (Lipinski definition) is 0. The topological polar surface area (TPSA) is 14.2 Å². The molecule has 0 spiro atoms. The van der Waals surface area contributed by atoms with Gasteiger partial charge in [-0.3, -0.25) is 0 Å². The molecule has 3 rings (SSSR count). The molecule has 2 aromatic carbocycles. The monoisotopic (exact) mass is 273 g/mol. The highest BCUT2D eigenvalue weighted by molar-refractivity contribution is 5.81. The molecule has 0 aliphatic rings. The third kappa shape index (κ3) is 2.25. The van der Waals surface area contributed by atoms with Gasteiger partial charge < -0.3 is 9.30 Å². The first-order valence-corrected chi connectivity index (χ1v) is 6.24. The average molecular weight is 273 g/mol. The van der Waals surface area contributed by atoms with Crippen LogP contribution in [0, 0.1) is 11.6 Å². The van der Waals surface area contributed by atoms with E-state index in [1.165, 1.54) is 6.07 Å². The van der Waals surface area contributed by atoms with Crippen LogP contribution in [0.5, 0.6) is 5.75 Å². The summed E-state index contributed by atoms with van der Waals surface area (Å²) in [5.74, 6) is -0.848. The second-order valence-electron chi connectivity index (χ2n) is 4.62. The van der Waals surface area contributed by atoms with Crippen molar-refractivity contribution in [1.82, 2.24) is 4.57 Å². The van der Waals surface area contributed by atoms with Crippen molar-refractivity contribution in [3.05, 3.63) is 65.9 Å². The molecule has 0 radical (unpaired) electrons. The summed E-state index contributed by atoms with van der Waals surface area (Å²) in [7, 11) is 1.62. The van der Waals surface area contributed by atoms with Crippen LogP contribution >= 0.6 is 0 Å². The minimum Gasteiger partial charge on any atom is -0.497 e. The summed E-state index contributed by atoms with van der Waals surface area (Å²) in [5, 5.41) is 1.05. The molecule has 0 aliphatic carbocycles. The zero-order valence-corrected chi connectivity index (χ0v) is 10.9. The van der Waals surface area contributed by atoms with E-state index in [4.69, 9.17) is 4.74 Å². The maximum atomic E-state index is 13.2. The second kappa shape index (κ2) is 4.96. The fourth-order valence-electron chi connectivity index (χ4n) is 2.28. The van der Waals surface area contributed by atoms with Crippen LogP contribution in [0.1, 0.15) is 5.56 Å². The van der Waals surface area contributed by atoms with E-state index in [1.54, 1.807) is 13.2 Å². The first-order chi connectivity index (χ1) is 9.67. The molecule has 3 aromatic rings. The third-order valence-electron chi connectivity index (χ3n) is 3.32. The molecular weight excluding hydrogens is 260 g/mol. The molecule has 0 amide bonds. The van der Waals surface area contributed by atoms with E-state index in [0.717, 1.165) is 28.3 Å². The molecule has 20 heavy (non-hydrogen) atoms. The van der Waals surface area contributed by atoms with Gasteiger partial charge in [0.25, 0.3) is 0 Å². The summed E-state index contributed by atoms with van der Waals surface area (Å²) < 4.78 is 33.3. The van der Waals surface area contributed by atoms with Crippen molar-refractivity contribution in [3.8, 4) is 5.75 Å². The Balaban J connectivity index is 1.96. The van der Waals surface area contributed by atoms with Gasteiger partial charge in [0.2, 0.25) is 0 Å². The van der Waals surface area contributed by atoms with Gasteiger partial charge in [-0.15, -0.1) is 0 Å². The van der Waals surface area contributed by atoms with Crippen LogP contribution < -0.4 is 4.74 Å². The predicted molar refractivity (Wildman–Crippen MR) is 74.0 cm³/mol. The molecule has 0 atom stereocenters. The van der Waals surface area contributed by atoms with Crippen LogP contribution in [-0.4, -0.2) is 11.7 Å². The molecule has 4 heteroatoms. The lowest BCUT2D eigenvalue weighted by molar-refractivity contribution is 0.415. The average Bonchev–Trinajstić information content (AvgIpc) is 2.85. The van der Waals surface area contributed by atoms with Crippen molar-refractivity contribution in [2.24, 2.45) is 0 Å². The fraction of sp³-hybridized carbons (Fsp3) is 0.125. The molecule has 0 bridgehead atoms. The molecule has 1 heterocycles. The van der Waals surface area contributed by atoms with E-state index in [1.807, 2.05) is 35.0 Å². The number of rotatable bonds is 3. The molecule has 0 saturated heterocycles. The minimum atomic E-state index is -0.823. The quantitative estimate of drug-likeness (QED) is 0.704. The summed E-state index contributed by atoms with van der Waals surface area (Å²) in [5.41, 5.74) is 1.74. The second-order valence-corrected chi connectivity index (χ2v) is 4.62. The van der Waals surface area contributed by atoms with Gasteiger partial charge >= 0.3 is 0 Å². The van der Waals surface area contributed by atoms with Gasteiger partial charge in [-0.25, -0.2) is 8.78 Å². The van der Waals surface area contributed by atoms with Gasteiger partial charge in [0.15, 0.2) is 11.6 Å². The van der Waals surface area contributed by atoms with Crippen LogP contribution in [0.15, 0.2) is 48.7 Å². The van der Waals surface area contributed by atoms with Gasteiger partial charge in [-0.2, -0.15) is 0 Å². The van der Waals surface area contributed by atoms with Crippen LogP contribution in [0.3, 0.4) is 0 Å². The van der Waals surface area contributed by atoms with E-state index in [0.29, 0.717) is 6.54 Å². The number of benzene rings is 2. The number of nitrogens with zero attached hydrogens (tertiary/aromatic N) is 1. The van der Waals surface area contributed by atoms with Crippen molar-refractivity contribution in [2.45, 2.75) is 6.54 Å². The van der Waals surface area contributed by atoms with Gasteiger partial charge in [-0.1, -0.05) is 6.07 Å². The maximum Gasteiger partial charge on any atom is 0.159 e. The van der Waals surface area contributed by atoms with Gasteiger partial charge in [0.05, 0.1) is 7.11 Å². The molecule has 0 saturated carbocycles. The summed E-state index contributed by atoms with van der Waals surface area (Å²) in [6, 6.07) is 11.7. The highest BCUT2D eigenvalue weighted by Gasteiger charge is 2.06. The number of hydrogen-bond acceptors (Lipinski definition) is 1. The smallest absolute Gasteiger partial charge is 0.159 e.